The zero-order valence-electron chi connectivity index (χ0n) is 9.41. The van der Waals surface area contributed by atoms with Gasteiger partial charge < -0.3 is 9.40 Å². The second-order valence-electron chi connectivity index (χ2n) is 3.93. The second-order valence-corrected chi connectivity index (χ2v) is 4.84. The number of halogens is 1. The maximum atomic E-state index is 5.67. The topological polar surface area (TPSA) is 54.7 Å². The maximum Gasteiger partial charge on any atom is 0.264 e. The van der Waals surface area contributed by atoms with Crippen molar-refractivity contribution >= 4 is 27.0 Å². The molecule has 0 amide bonds. The molecule has 0 unspecified atom stereocenters. The van der Waals surface area contributed by atoms with Crippen LogP contribution in [-0.2, 0) is 0 Å². The van der Waals surface area contributed by atoms with E-state index in [1.807, 2.05) is 32.0 Å². The molecule has 0 fully saturated rings. The van der Waals surface area contributed by atoms with Crippen LogP contribution < -0.4 is 0 Å². The molecule has 3 rings (SSSR count). The van der Waals surface area contributed by atoms with Gasteiger partial charge in [-0.15, -0.1) is 0 Å². The number of imidazole rings is 1. The van der Waals surface area contributed by atoms with E-state index >= 15 is 0 Å². The molecule has 1 N–H and O–H groups in total. The number of H-pyrrole nitrogens is 1. The Bertz CT molecular complexity index is 679. The monoisotopic (exact) mass is 291 g/mol. The molecule has 4 nitrogen and oxygen atoms in total. The molecule has 0 aliphatic heterocycles. The molecule has 0 aliphatic carbocycles. The fraction of sp³-hybridized carbons (Fsp3) is 0.167. The smallest absolute Gasteiger partial charge is 0.264 e. The summed E-state index contributed by atoms with van der Waals surface area (Å²) in [5, 5.41) is 0. The van der Waals surface area contributed by atoms with Crippen LogP contribution in [0, 0.1) is 13.8 Å². The summed E-state index contributed by atoms with van der Waals surface area (Å²) in [5.74, 6) is 1.20. The van der Waals surface area contributed by atoms with Crippen molar-refractivity contribution < 1.29 is 4.42 Å². The highest BCUT2D eigenvalue weighted by atomic mass is 79.9. The highest BCUT2D eigenvalue weighted by molar-refractivity contribution is 9.10. The summed E-state index contributed by atoms with van der Waals surface area (Å²) in [4.78, 5) is 11.9. The number of hydrogen-bond donors (Lipinski definition) is 1. The van der Waals surface area contributed by atoms with Gasteiger partial charge in [0.15, 0.2) is 11.4 Å². The van der Waals surface area contributed by atoms with Crippen molar-refractivity contribution in [2.75, 3.05) is 0 Å². The Morgan fingerprint density at radius 1 is 1.24 bits per heavy atom. The number of nitrogens with one attached hydrogen (secondary N) is 1. The third kappa shape index (κ3) is 1.76. The van der Waals surface area contributed by atoms with Crippen LogP contribution in [0.2, 0.25) is 0 Å². The van der Waals surface area contributed by atoms with Crippen LogP contribution in [0.15, 0.2) is 27.1 Å². The molecule has 0 spiro atoms. The molecule has 0 bridgehead atoms. The number of hydrogen-bond acceptors (Lipinski definition) is 3. The predicted molar refractivity (Wildman–Crippen MR) is 68.8 cm³/mol. The number of rotatable bonds is 1. The molecule has 17 heavy (non-hydrogen) atoms. The SMILES string of the molecule is Cc1nc(-c2nc3ccc(Br)cc3o2)[nH]c1C. The quantitative estimate of drug-likeness (QED) is 0.745. The van der Waals surface area contributed by atoms with Gasteiger partial charge in [-0.3, -0.25) is 0 Å². The Labute approximate surface area is 106 Å². The van der Waals surface area contributed by atoms with Crippen molar-refractivity contribution in [2.45, 2.75) is 13.8 Å². The summed E-state index contributed by atoms with van der Waals surface area (Å²) in [6.07, 6.45) is 0. The zero-order valence-corrected chi connectivity index (χ0v) is 11.0. The molecule has 1 aromatic carbocycles. The fourth-order valence-electron chi connectivity index (χ4n) is 1.65. The summed E-state index contributed by atoms with van der Waals surface area (Å²) < 4.78 is 6.64. The molecule has 0 atom stereocenters. The summed E-state index contributed by atoms with van der Waals surface area (Å²) in [6, 6.07) is 5.75. The van der Waals surface area contributed by atoms with Gasteiger partial charge in [0, 0.05) is 10.2 Å². The summed E-state index contributed by atoms with van der Waals surface area (Å²) in [6.45, 7) is 3.93. The van der Waals surface area contributed by atoms with Crippen LogP contribution in [0.5, 0.6) is 0 Å². The first-order valence-corrected chi connectivity index (χ1v) is 6.02. The van der Waals surface area contributed by atoms with Gasteiger partial charge in [-0.1, -0.05) is 15.9 Å². The van der Waals surface area contributed by atoms with Gasteiger partial charge in [0.1, 0.15) is 5.52 Å². The highest BCUT2D eigenvalue weighted by Crippen LogP contribution is 2.25. The van der Waals surface area contributed by atoms with Crippen molar-refractivity contribution in [1.82, 2.24) is 15.0 Å². The molecule has 2 aromatic heterocycles. The fourth-order valence-corrected chi connectivity index (χ4v) is 1.99. The average Bonchev–Trinajstić information content (AvgIpc) is 2.83. The van der Waals surface area contributed by atoms with E-state index in [0.717, 1.165) is 27.0 Å². The van der Waals surface area contributed by atoms with Crippen LogP contribution in [0.4, 0.5) is 0 Å². The molecule has 0 saturated heterocycles. The van der Waals surface area contributed by atoms with Crippen molar-refractivity contribution in [1.29, 1.82) is 0 Å². The van der Waals surface area contributed by atoms with Crippen LogP contribution in [0.3, 0.4) is 0 Å². The van der Waals surface area contributed by atoms with E-state index in [-0.39, 0.29) is 0 Å². The molecule has 5 heteroatoms. The maximum absolute atomic E-state index is 5.67. The van der Waals surface area contributed by atoms with Gasteiger partial charge in [0.25, 0.3) is 5.89 Å². The van der Waals surface area contributed by atoms with Crippen LogP contribution in [0.25, 0.3) is 22.8 Å². The Kier molecular flexibility index (Phi) is 2.29. The van der Waals surface area contributed by atoms with E-state index in [4.69, 9.17) is 4.42 Å². The minimum atomic E-state index is 0.522. The van der Waals surface area contributed by atoms with E-state index in [1.165, 1.54) is 0 Å². The van der Waals surface area contributed by atoms with Gasteiger partial charge in [0.2, 0.25) is 0 Å². The average molecular weight is 292 g/mol. The van der Waals surface area contributed by atoms with Crippen molar-refractivity contribution in [2.24, 2.45) is 0 Å². The summed E-state index contributed by atoms with van der Waals surface area (Å²) in [5.41, 5.74) is 3.57. The molecule has 86 valence electrons. The lowest BCUT2D eigenvalue weighted by molar-refractivity contribution is 0.614. The normalized spacial score (nSPS) is 11.2. The molecular weight excluding hydrogens is 282 g/mol. The largest absolute Gasteiger partial charge is 0.434 e. The molecular formula is C12H10BrN3O. The first-order valence-electron chi connectivity index (χ1n) is 5.23. The Balaban J connectivity index is 2.17. The van der Waals surface area contributed by atoms with Gasteiger partial charge >= 0.3 is 0 Å². The molecule has 0 aliphatic rings. The number of aromatic amines is 1. The lowest BCUT2D eigenvalue weighted by atomic mass is 10.3. The van der Waals surface area contributed by atoms with Crippen LogP contribution in [0.1, 0.15) is 11.4 Å². The third-order valence-electron chi connectivity index (χ3n) is 2.68. The number of aromatic nitrogens is 3. The van der Waals surface area contributed by atoms with Crippen molar-refractivity contribution in [3.63, 3.8) is 0 Å². The van der Waals surface area contributed by atoms with Gasteiger partial charge in [-0.05, 0) is 32.0 Å². The first kappa shape index (κ1) is 10.5. The van der Waals surface area contributed by atoms with Crippen molar-refractivity contribution in [3.8, 4) is 11.7 Å². The van der Waals surface area contributed by atoms with E-state index in [2.05, 4.69) is 30.9 Å². The minimum absolute atomic E-state index is 0.522. The Morgan fingerprint density at radius 3 is 2.76 bits per heavy atom. The summed E-state index contributed by atoms with van der Waals surface area (Å²) in [7, 11) is 0. The van der Waals surface area contributed by atoms with E-state index in [1.54, 1.807) is 0 Å². The number of fused-ring (bicyclic) bond motifs is 1. The summed E-state index contributed by atoms with van der Waals surface area (Å²) >= 11 is 3.40. The third-order valence-corrected chi connectivity index (χ3v) is 3.17. The zero-order chi connectivity index (χ0) is 12.0. The predicted octanol–water partition coefficient (Wildman–Crippen LogP) is 3.60. The number of aryl methyl sites for hydroxylation is 2. The lowest BCUT2D eigenvalue weighted by Crippen LogP contribution is -1.79. The highest BCUT2D eigenvalue weighted by Gasteiger charge is 2.12. The van der Waals surface area contributed by atoms with Gasteiger partial charge in [-0.25, -0.2) is 9.97 Å². The van der Waals surface area contributed by atoms with Crippen LogP contribution >= 0.6 is 15.9 Å². The van der Waals surface area contributed by atoms with Gasteiger partial charge in [0.05, 0.1) is 5.69 Å². The van der Waals surface area contributed by atoms with Crippen LogP contribution in [-0.4, -0.2) is 15.0 Å². The molecule has 0 saturated carbocycles. The minimum Gasteiger partial charge on any atom is -0.434 e. The molecule has 2 heterocycles. The van der Waals surface area contributed by atoms with E-state index in [0.29, 0.717) is 11.7 Å². The second kappa shape index (κ2) is 3.70. The Morgan fingerprint density at radius 2 is 2.06 bits per heavy atom. The standard InChI is InChI=1S/C12H10BrN3O/c1-6-7(2)15-11(14-6)12-16-9-4-3-8(13)5-10(9)17-12/h3-5H,1-2H3,(H,14,15). The number of benzene rings is 1. The van der Waals surface area contributed by atoms with E-state index in [9.17, 15) is 0 Å². The molecule has 3 aromatic rings. The lowest BCUT2D eigenvalue weighted by Gasteiger charge is -1.87. The molecule has 0 radical (unpaired) electrons. The first-order chi connectivity index (χ1) is 8.13. The van der Waals surface area contributed by atoms with E-state index < -0.39 is 0 Å². The Hall–Kier alpha value is -1.62. The number of nitrogens with zero attached hydrogens (tertiary/aromatic N) is 2. The van der Waals surface area contributed by atoms with Crippen molar-refractivity contribution in [3.05, 3.63) is 34.1 Å². The number of oxazole rings is 1. The van der Waals surface area contributed by atoms with Gasteiger partial charge in [-0.2, -0.15) is 0 Å².